The van der Waals surface area contributed by atoms with Gasteiger partial charge in [0.25, 0.3) is 11.8 Å². The number of carbonyl (C=O) groups is 3. The predicted octanol–water partition coefficient (Wildman–Crippen LogP) is 3.69. The number of aromatic nitrogens is 2. The van der Waals surface area contributed by atoms with Gasteiger partial charge < -0.3 is 15.4 Å². The number of nitrogens with one attached hydrogen (secondary N) is 2. The lowest BCUT2D eigenvalue weighted by Gasteiger charge is -2.19. The van der Waals surface area contributed by atoms with Crippen molar-refractivity contribution in [3.05, 3.63) is 83.7 Å². The van der Waals surface area contributed by atoms with Gasteiger partial charge in [-0.15, -0.1) is 0 Å². The van der Waals surface area contributed by atoms with Crippen molar-refractivity contribution in [2.45, 2.75) is 19.8 Å². The van der Waals surface area contributed by atoms with Crippen molar-refractivity contribution in [1.29, 1.82) is 0 Å². The summed E-state index contributed by atoms with van der Waals surface area (Å²) in [5, 5.41) is 5.59. The van der Waals surface area contributed by atoms with Crippen LogP contribution in [0.5, 0.6) is 5.75 Å². The van der Waals surface area contributed by atoms with Gasteiger partial charge in [-0.2, -0.15) is 0 Å². The molecular weight excluding hydrogens is 458 g/mol. The number of pyridine rings is 1. The van der Waals surface area contributed by atoms with Crippen LogP contribution in [0, 0.1) is 0 Å². The Morgan fingerprint density at radius 2 is 1.94 bits per heavy atom. The molecule has 2 N–H and O–H groups in total. The van der Waals surface area contributed by atoms with Crippen molar-refractivity contribution in [2.24, 2.45) is 0 Å². The molecule has 36 heavy (non-hydrogen) atoms. The Morgan fingerprint density at radius 1 is 1.14 bits per heavy atom. The van der Waals surface area contributed by atoms with E-state index in [2.05, 4.69) is 15.6 Å². The Balaban J connectivity index is 1.41. The molecule has 182 valence electrons. The van der Waals surface area contributed by atoms with E-state index in [0.717, 1.165) is 11.3 Å². The van der Waals surface area contributed by atoms with Gasteiger partial charge in [0, 0.05) is 25.0 Å². The van der Waals surface area contributed by atoms with Gasteiger partial charge in [-0.3, -0.25) is 23.7 Å². The Hall–Kier alpha value is -4.66. The van der Waals surface area contributed by atoms with Crippen molar-refractivity contribution in [2.75, 3.05) is 29.2 Å². The molecule has 9 nitrogen and oxygen atoms in total. The zero-order valence-corrected chi connectivity index (χ0v) is 19.9. The molecule has 3 heterocycles. The van der Waals surface area contributed by atoms with Crippen LogP contribution < -0.4 is 20.3 Å². The van der Waals surface area contributed by atoms with Crippen LogP contribution in [-0.4, -0.2) is 40.8 Å². The van der Waals surface area contributed by atoms with E-state index in [-0.39, 0.29) is 30.7 Å². The maximum absolute atomic E-state index is 13.1. The van der Waals surface area contributed by atoms with Gasteiger partial charge in [0.2, 0.25) is 5.91 Å². The number of hydrogen-bond acceptors (Lipinski definition) is 5. The summed E-state index contributed by atoms with van der Waals surface area (Å²) >= 11 is 0. The fraction of sp³-hybridized carbons (Fsp3) is 0.185. The van der Waals surface area contributed by atoms with Crippen LogP contribution in [0.3, 0.4) is 0 Å². The number of hydrogen-bond donors (Lipinski definition) is 2. The number of anilines is 3. The number of nitrogens with zero attached hydrogens (tertiary/aromatic N) is 3. The highest BCUT2D eigenvalue weighted by Gasteiger charge is 2.22. The second-order valence-electron chi connectivity index (χ2n) is 8.50. The summed E-state index contributed by atoms with van der Waals surface area (Å²) < 4.78 is 7.21. The van der Waals surface area contributed by atoms with E-state index in [4.69, 9.17) is 4.74 Å². The number of ether oxygens (including phenoxy) is 1. The lowest BCUT2D eigenvalue weighted by molar-refractivity contribution is -0.119. The maximum atomic E-state index is 13.1. The fourth-order valence-corrected chi connectivity index (χ4v) is 4.17. The van der Waals surface area contributed by atoms with E-state index >= 15 is 0 Å². The van der Waals surface area contributed by atoms with E-state index in [9.17, 15) is 14.4 Å². The Labute approximate surface area is 207 Å². The first-order valence-corrected chi connectivity index (χ1v) is 11.6. The molecule has 0 saturated carbocycles. The largest absolute Gasteiger partial charge is 0.482 e. The molecule has 5 rings (SSSR count). The average Bonchev–Trinajstić information content (AvgIpc) is 3.26. The van der Waals surface area contributed by atoms with Gasteiger partial charge in [0.05, 0.1) is 23.4 Å². The lowest BCUT2D eigenvalue weighted by atomic mass is 10.1. The van der Waals surface area contributed by atoms with E-state index in [0.29, 0.717) is 40.6 Å². The van der Waals surface area contributed by atoms with Crippen LogP contribution in [-0.2, 0) is 22.4 Å². The molecule has 9 heteroatoms. The summed E-state index contributed by atoms with van der Waals surface area (Å²) in [6, 6.07) is 18.1. The van der Waals surface area contributed by atoms with Gasteiger partial charge >= 0.3 is 0 Å². The van der Waals surface area contributed by atoms with Crippen molar-refractivity contribution < 1.29 is 19.1 Å². The minimum absolute atomic E-state index is 0.0687. The van der Waals surface area contributed by atoms with Crippen LogP contribution in [0.2, 0.25) is 0 Å². The molecule has 1 aliphatic rings. The second-order valence-corrected chi connectivity index (χ2v) is 8.50. The van der Waals surface area contributed by atoms with Crippen LogP contribution >= 0.6 is 0 Å². The van der Waals surface area contributed by atoms with Crippen molar-refractivity contribution in [1.82, 2.24) is 9.38 Å². The third-order valence-electron chi connectivity index (χ3n) is 6.02. The highest BCUT2D eigenvalue weighted by molar-refractivity contribution is 6.05. The van der Waals surface area contributed by atoms with E-state index in [1.807, 2.05) is 37.3 Å². The Morgan fingerprint density at radius 3 is 2.72 bits per heavy atom. The van der Waals surface area contributed by atoms with E-state index in [1.165, 1.54) is 0 Å². The Kier molecular flexibility index (Phi) is 6.12. The number of imidazole rings is 1. The van der Waals surface area contributed by atoms with Crippen molar-refractivity contribution in [3.63, 3.8) is 0 Å². The topological polar surface area (TPSA) is 105 Å². The Bertz CT molecular complexity index is 1480. The predicted molar refractivity (Wildman–Crippen MR) is 137 cm³/mol. The number of likely N-dealkylation sites (N-methyl/N-ethyl adjacent to an activating group) is 1. The van der Waals surface area contributed by atoms with Crippen LogP contribution in [0.25, 0.3) is 5.65 Å². The molecular formula is C27H25N5O4. The third kappa shape index (κ3) is 4.50. The van der Waals surface area contributed by atoms with E-state index in [1.54, 1.807) is 52.9 Å². The molecule has 0 bridgehead atoms. The number of fused-ring (bicyclic) bond motifs is 2. The fourth-order valence-electron chi connectivity index (χ4n) is 4.17. The van der Waals surface area contributed by atoms with Crippen molar-refractivity contribution in [3.8, 4) is 5.75 Å². The number of benzene rings is 2. The first-order chi connectivity index (χ1) is 17.4. The second kappa shape index (κ2) is 9.53. The highest BCUT2D eigenvalue weighted by atomic mass is 16.5. The quantitative estimate of drug-likeness (QED) is 0.435. The number of amides is 3. The zero-order valence-electron chi connectivity index (χ0n) is 19.9. The molecule has 0 spiro atoms. The molecule has 2 aromatic heterocycles. The number of aryl methyl sites for hydroxylation is 1. The smallest absolute Gasteiger partial charge is 0.262 e. The summed E-state index contributed by atoms with van der Waals surface area (Å²) in [6.07, 6.45) is 2.58. The number of carbonyl (C=O) groups excluding carboxylic acids is 3. The van der Waals surface area contributed by atoms with E-state index < -0.39 is 0 Å². The summed E-state index contributed by atoms with van der Waals surface area (Å²) in [5.74, 6) is 0.510. The van der Waals surface area contributed by atoms with Gasteiger partial charge in [-0.05, 0) is 36.2 Å². The van der Waals surface area contributed by atoms with Crippen LogP contribution in [0.15, 0.2) is 66.9 Å². The SMILES string of the molecule is CCc1nc2ccc(C(=O)Nc3ccc4c(c3)OCC(=O)N4)cn2c1N(C)C(=O)Cc1ccccc1. The normalized spacial score (nSPS) is 12.4. The molecule has 0 radical (unpaired) electrons. The van der Waals surface area contributed by atoms with Crippen LogP contribution in [0.4, 0.5) is 17.2 Å². The first kappa shape index (κ1) is 23.1. The summed E-state index contributed by atoms with van der Waals surface area (Å²) in [6.45, 7) is 1.91. The molecule has 0 atom stereocenters. The molecule has 3 amide bonds. The van der Waals surface area contributed by atoms with Gasteiger partial charge in [-0.25, -0.2) is 4.98 Å². The average molecular weight is 484 g/mol. The minimum Gasteiger partial charge on any atom is -0.482 e. The minimum atomic E-state index is -0.326. The van der Waals surface area contributed by atoms with Gasteiger partial charge in [-0.1, -0.05) is 37.3 Å². The molecule has 4 aromatic rings. The number of rotatable bonds is 6. The van der Waals surface area contributed by atoms with Gasteiger partial charge in [0.15, 0.2) is 6.61 Å². The van der Waals surface area contributed by atoms with Crippen LogP contribution in [0.1, 0.15) is 28.5 Å². The molecule has 2 aromatic carbocycles. The first-order valence-electron chi connectivity index (χ1n) is 11.6. The molecule has 1 aliphatic heterocycles. The highest BCUT2D eigenvalue weighted by Crippen LogP contribution is 2.31. The zero-order chi connectivity index (χ0) is 25.2. The summed E-state index contributed by atoms with van der Waals surface area (Å²) in [4.78, 5) is 43.9. The molecule has 0 unspecified atom stereocenters. The molecule has 0 saturated heterocycles. The van der Waals surface area contributed by atoms with Gasteiger partial charge in [0.1, 0.15) is 17.2 Å². The maximum Gasteiger partial charge on any atom is 0.262 e. The standard InChI is InChI=1S/C27H25N5O4/c1-3-20-27(31(2)25(34)13-17-7-5-4-6-8-17)32-15-18(9-12-23(32)29-20)26(35)28-19-10-11-21-22(14-19)36-16-24(33)30-21/h4-12,14-15H,3,13,16H2,1-2H3,(H,28,35)(H,30,33). The monoisotopic (exact) mass is 483 g/mol. The summed E-state index contributed by atoms with van der Waals surface area (Å²) in [7, 11) is 1.73. The summed E-state index contributed by atoms with van der Waals surface area (Å²) in [5.41, 5.74) is 3.84. The lowest BCUT2D eigenvalue weighted by Crippen LogP contribution is -2.30. The molecule has 0 fully saturated rings. The van der Waals surface area contributed by atoms with Crippen molar-refractivity contribution >= 4 is 40.6 Å². The molecule has 0 aliphatic carbocycles. The third-order valence-corrected chi connectivity index (χ3v) is 6.02.